The van der Waals surface area contributed by atoms with Crippen LogP contribution in [0.1, 0.15) is 32.6 Å². The zero-order chi connectivity index (χ0) is 10.9. The molecule has 0 N–H and O–H groups in total. The summed E-state index contributed by atoms with van der Waals surface area (Å²) in [7, 11) is 0. The van der Waals surface area contributed by atoms with Crippen LogP contribution in [0.2, 0.25) is 0 Å². The van der Waals surface area contributed by atoms with Gasteiger partial charge in [-0.15, -0.1) is 0 Å². The van der Waals surface area contributed by atoms with Crippen molar-refractivity contribution < 1.29 is 0 Å². The molecule has 0 aromatic rings. The fourth-order valence-corrected chi connectivity index (χ4v) is 4.01. The molecule has 1 atom stereocenters. The molecule has 2 rings (SSSR count). The minimum Gasteiger partial charge on any atom is -0.294 e. The summed E-state index contributed by atoms with van der Waals surface area (Å²) in [5, 5.41) is 0.874. The van der Waals surface area contributed by atoms with E-state index in [1.54, 1.807) is 0 Å². The molecule has 1 saturated carbocycles. The molecule has 15 heavy (non-hydrogen) atoms. The van der Waals surface area contributed by atoms with Gasteiger partial charge < -0.3 is 0 Å². The highest BCUT2D eigenvalue weighted by Crippen LogP contribution is 2.54. The summed E-state index contributed by atoms with van der Waals surface area (Å²) in [6, 6.07) is 0. The molecule has 0 bridgehead atoms. The van der Waals surface area contributed by atoms with Crippen LogP contribution in [0.15, 0.2) is 0 Å². The number of hydrogen-bond acceptors (Lipinski definition) is 3. The summed E-state index contributed by atoms with van der Waals surface area (Å²) in [4.78, 5) is 2.47. The summed E-state index contributed by atoms with van der Waals surface area (Å²) in [6.45, 7) is 4.96. The summed E-state index contributed by atoms with van der Waals surface area (Å²) >= 11 is 6.39. The Balaban J connectivity index is 1.78. The fraction of sp³-hybridized carbons (Fsp3) is 1.00. The summed E-state index contributed by atoms with van der Waals surface area (Å²) in [6.07, 6.45) is 8.08. The van der Waals surface area contributed by atoms with Gasteiger partial charge in [0.25, 0.3) is 0 Å². The van der Waals surface area contributed by atoms with Crippen molar-refractivity contribution in [2.45, 2.75) is 37.9 Å². The predicted octanol–water partition coefficient (Wildman–Crippen LogP) is 3.12. The maximum absolute atomic E-state index is 4.36. The Bertz CT molecular complexity index is 204. The second-order valence-corrected chi connectivity index (χ2v) is 6.87. The number of likely N-dealkylation sites (tertiary alicyclic amines) is 1. The van der Waals surface area contributed by atoms with Gasteiger partial charge in [-0.1, -0.05) is 6.92 Å². The molecule has 2 fully saturated rings. The minimum atomic E-state index is 0.744. The summed E-state index contributed by atoms with van der Waals surface area (Å²) in [5.41, 5.74) is 0.744. The van der Waals surface area contributed by atoms with Crippen molar-refractivity contribution in [1.29, 1.82) is 0 Å². The molecule has 1 saturated heterocycles. The SMILES string of the molecule is CSC(C)C1CC2(CCN(CS)CC2)C1. The number of piperidine rings is 1. The first-order valence-electron chi connectivity index (χ1n) is 6.05. The Labute approximate surface area is 104 Å². The van der Waals surface area contributed by atoms with Crippen molar-refractivity contribution in [3.05, 3.63) is 0 Å². The van der Waals surface area contributed by atoms with Crippen LogP contribution in [-0.4, -0.2) is 35.4 Å². The van der Waals surface area contributed by atoms with Crippen LogP contribution in [0.5, 0.6) is 0 Å². The van der Waals surface area contributed by atoms with E-state index in [1.165, 1.54) is 38.8 Å². The second kappa shape index (κ2) is 4.89. The van der Waals surface area contributed by atoms with Gasteiger partial charge in [0, 0.05) is 11.1 Å². The molecule has 0 amide bonds. The third-order valence-corrected chi connectivity index (χ3v) is 6.07. The van der Waals surface area contributed by atoms with E-state index in [0.29, 0.717) is 0 Å². The van der Waals surface area contributed by atoms with Gasteiger partial charge in [-0.05, 0) is 56.4 Å². The van der Waals surface area contributed by atoms with Crippen molar-refractivity contribution >= 4 is 24.4 Å². The number of hydrogen-bond donors (Lipinski definition) is 1. The molecule has 3 heteroatoms. The molecular weight excluding hydrogens is 222 g/mol. The van der Waals surface area contributed by atoms with E-state index < -0.39 is 0 Å². The van der Waals surface area contributed by atoms with Gasteiger partial charge in [-0.25, -0.2) is 0 Å². The highest BCUT2D eigenvalue weighted by atomic mass is 32.2. The maximum Gasteiger partial charge on any atom is 0.0414 e. The lowest BCUT2D eigenvalue weighted by atomic mass is 9.57. The molecule has 1 unspecified atom stereocenters. The molecule has 0 aromatic heterocycles. The standard InChI is InChI=1S/C12H23NS2/c1-10(15-2)11-7-12(8-11)3-5-13(9-14)6-4-12/h10-11,14H,3-9H2,1-2H3. The highest BCUT2D eigenvalue weighted by Gasteiger charge is 2.46. The monoisotopic (exact) mass is 245 g/mol. The molecule has 1 nitrogen and oxygen atoms in total. The number of nitrogens with zero attached hydrogens (tertiary/aromatic N) is 1. The van der Waals surface area contributed by atoms with Crippen LogP contribution in [-0.2, 0) is 0 Å². The first kappa shape index (κ1) is 12.1. The quantitative estimate of drug-likeness (QED) is 0.761. The maximum atomic E-state index is 4.36. The van der Waals surface area contributed by atoms with Gasteiger partial charge in [-0.2, -0.15) is 24.4 Å². The molecule has 1 aliphatic heterocycles. The van der Waals surface area contributed by atoms with E-state index in [2.05, 4.69) is 30.7 Å². The smallest absolute Gasteiger partial charge is 0.0414 e. The molecule has 88 valence electrons. The molecule has 1 aliphatic carbocycles. The van der Waals surface area contributed by atoms with E-state index in [4.69, 9.17) is 0 Å². The molecular formula is C12H23NS2. The van der Waals surface area contributed by atoms with Crippen LogP contribution in [0, 0.1) is 11.3 Å². The Morgan fingerprint density at radius 1 is 1.40 bits per heavy atom. The van der Waals surface area contributed by atoms with E-state index >= 15 is 0 Å². The topological polar surface area (TPSA) is 3.24 Å². The summed E-state index contributed by atoms with van der Waals surface area (Å²) < 4.78 is 0. The molecule has 2 aliphatic rings. The zero-order valence-electron chi connectivity index (χ0n) is 9.91. The van der Waals surface area contributed by atoms with Crippen molar-refractivity contribution in [1.82, 2.24) is 4.90 Å². The second-order valence-electron chi connectivity index (χ2n) is 5.37. The Morgan fingerprint density at radius 2 is 2.00 bits per heavy atom. The van der Waals surface area contributed by atoms with Crippen molar-refractivity contribution in [2.75, 3.05) is 25.2 Å². The lowest BCUT2D eigenvalue weighted by Gasteiger charge is -2.53. The van der Waals surface area contributed by atoms with Gasteiger partial charge in [0.15, 0.2) is 0 Å². The Kier molecular flexibility index (Phi) is 3.95. The number of thiol groups is 1. The molecule has 1 spiro atoms. The Hall–Kier alpha value is 0.660. The number of rotatable bonds is 3. The van der Waals surface area contributed by atoms with E-state index in [-0.39, 0.29) is 0 Å². The third kappa shape index (κ3) is 2.50. The lowest BCUT2D eigenvalue weighted by Crippen LogP contribution is -2.48. The third-order valence-electron chi connectivity index (χ3n) is 4.54. The van der Waals surface area contributed by atoms with Gasteiger partial charge in [0.05, 0.1) is 0 Å². The van der Waals surface area contributed by atoms with Gasteiger partial charge in [-0.3, -0.25) is 4.90 Å². The van der Waals surface area contributed by atoms with Crippen LogP contribution in [0.25, 0.3) is 0 Å². The predicted molar refractivity (Wildman–Crippen MR) is 72.8 cm³/mol. The largest absolute Gasteiger partial charge is 0.294 e. The van der Waals surface area contributed by atoms with Gasteiger partial charge >= 0.3 is 0 Å². The van der Waals surface area contributed by atoms with Crippen molar-refractivity contribution in [3.63, 3.8) is 0 Å². The molecule has 1 heterocycles. The lowest BCUT2D eigenvalue weighted by molar-refractivity contribution is -0.00710. The van der Waals surface area contributed by atoms with Gasteiger partial charge in [0.1, 0.15) is 0 Å². The molecule has 0 aromatic carbocycles. The van der Waals surface area contributed by atoms with Crippen molar-refractivity contribution in [2.24, 2.45) is 11.3 Å². The zero-order valence-corrected chi connectivity index (χ0v) is 11.6. The minimum absolute atomic E-state index is 0.744. The van der Waals surface area contributed by atoms with Crippen molar-refractivity contribution in [3.8, 4) is 0 Å². The Morgan fingerprint density at radius 3 is 2.47 bits per heavy atom. The average molecular weight is 245 g/mol. The normalized spacial score (nSPS) is 29.0. The van der Waals surface area contributed by atoms with Crippen LogP contribution >= 0.6 is 24.4 Å². The summed E-state index contributed by atoms with van der Waals surface area (Å²) in [5.74, 6) is 1.95. The van der Waals surface area contributed by atoms with Gasteiger partial charge in [0.2, 0.25) is 0 Å². The van der Waals surface area contributed by atoms with E-state index in [0.717, 1.165) is 22.5 Å². The van der Waals surface area contributed by atoms with Crippen LogP contribution in [0.3, 0.4) is 0 Å². The first-order chi connectivity index (χ1) is 7.19. The molecule has 0 radical (unpaired) electrons. The van der Waals surface area contributed by atoms with E-state index in [1.807, 2.05) is 11.8 Å². The van der Waals surface area contributed by atoms with Crippen LogP contribution in [0.4, 0.5) is 0 Å². The average Bonchev–Trinajstić information content (AvgIpc) is 2.25. The van der Waals surface area contributed by atoms with Crippen LogP contribution < -0.4 is 0 Å². The number of thioether (sulfide) groups is 1. The first-order valence-corrected chi connectivity index (χ1v) is 7.97. The fourth-order valence-electron chi connectivity index (χ4n) is 3.15. The highest BCUT2D eigenvalue weighted by molar-refractivity contribution is 7.99. The van der Waals surface area contributed by atoms with E-state index in [9.17, 15) is 0 Å².